The number of nitrogens with zero attached hydrogens (tertiary/aromatic N) is 2. The summed E-state index contributed by atoms with van der Waals surface area (Å²) in [5, 5.41) is 0. The van der Waals surface area contributed by atoms with E-state index in [9.17, 15) is 14.4 Å². The number of imidazole rings is 1. The zero-order valence-electron chi connectivity index (χ0n) is 12.8. The Hall–Kier alpha value is -2.63. The zero-order valence-corrected chi connectivity index (χ0v) is 12.8. The predicted octanol–water partition coefficient (Wildman–Crippen LogP) is 1.97. The largest absolute Gasteiger partial charge is 0.460 e. The minimum atomic E-state index is -0.897. The summed E-state index contributed by atoms with van der Waals surface area (Å²) in [6.45, 7) is 5.59. The van der Waals surface area contributed by atoms with Crippen molar-refractivity contribution in [3.8, 4) is 5.69 Å². The molecular weight excluding hydrogens is 284 g/mol. The Kier molecular flexibility index (Phi) is 4.60. The fraction of sp³-hybridized carbons (Fsp3) is 0.312. The van der Waals surface area contributed by atoms with Crippen LogP contribution in [-0.2, 0) is 9.53 Å². The number of Topliss-reactive ketones (excluding diaryl/α,β-unsaturated/α-hetero) is 1. The van der Waals surface area contributed by atoms with Gasteiger partial charge in [-0.1, -0.05) is 12.1 Å². The average Bonchev–Trinajstić information content (AvgIpc) is 2.88. The topological polar surface area (TPSA) is 70.3 Å². The normalized spacial score (nSPS) is 10.7. The molecular formula is C16H18N2O4. The first-order valence-corrected chi connectivity index (χ1v) is 7.07. The van der Waals surface area contributed by atoms with Crippen LogP contribution in [0.25, 0.3) is 5.69 Å². The van der Waals surface area contributed by atoms with Crippen molar-refractivity contribution in [2.75, 3.05) is 6.61 Å². The number of hydrogen-bond donors (Lipinski definition) is 0. The Morgan fingerprint density at radius 1 is 1.23 bits per heavy atom. The predicted molar refractivity (Wildman–Crippen MR) is 81.4 cm³/mol. The van der Waals surface area contributed by atoms with Crippen molar-refractivity contribution >= 4 is 11.8 Å². The highest BCUT2D eigenvalue weighted by molar-refractivity contribution is 6.40. The van der Waals surface area contributed by atoms with Gasteiger partial charge in [0, 0.05) is 24.0 Å². The van der Waals surface area contributed by atoms with Gasteiger partial charge in [-0.05, 0) is 32.9 Å². The Labute approximate surface area is 127 Å². The Balaban J connectivity index is 2.39. The minimum absolute atomic E-state index is 0.0399. The third-order valence-electron chi connectivity index (χ3n) is 3.21. The van der Waals surface area contributed by atoms with E-state index in [1.807, 2.05) is 13.8 Å². The molecule has 0 saturated carbocycles. The van der Waals surface area contributed by atoms with Crippen LogP contribution in [0.2, 0.25) is 0 Å². The van der Waals surface area contributed by atoms with Gasteiger partial charge in [-0.2, -0.15) is 0 Å². The van der Waals surface area contributed by atoms with Crippen molar-refractivity contribution in [2.45, 2.75) is 26.8 Å². The minimum Gasteiger partial charge on any atom is -0.460 e. The van der Waals surface area contributed by atoms with Gasteiger partial charge in [-0.25, -0.2) is 9.59 Å². The molecule has 1 heterocycles. The van der Waals surface area contributed by atoms with Gasteiger partial charge in [0.2, 0.25) is 0 Å². The first kappa shape index (κ1) is 15.8. The van der Waals surface area contributed by atoms with Gasteiger partial charge in [-0.3, -0.25) is 13.9 Å². The molecule has 1 aromatic heterocycles. The molecule has 0 radical (unpaired) electrons. The van der Waals surface area contributed by atoms with E-state index in [-0.39, 0.29) is 23.9 Å². The van der Waals surface area contributed by atoms with E-state index in [0.29, 0.717) is 5.69 Å². The number of hydrogen-bond acceptors (Lipinski definition) is 4. The lowest BCUT2D eigenvalue weighted by Gasteiger charge is -2.06. The number of aromatic nitrogens is 2. The maximum absolute atomic E-state index is 12.3. The molecule has 0 N–H and O–H groups in total. The molecule has 0 bridgehead atoms. The summed E-state index contributed by atoms with van der Waals surface area (Å²) in [6.07, 6.45) is 3.32. The fourth-order valence-corrected chi connectivity index (χ4v) is 2.09. The van der Waals surface area contributed by atoms with Crippen molar-refractivity contribution in [3.05, 3.63) is 52.7 Å². The highest BCUT2D eigenvalue weighted by Gasteiger charge is 2.18. The second-order valence-electron chi connectivity index (χ2n) is 5.05. The number of benzene rings is 1. The highest BCUT2D eigenvalue weighted by atomic mass is 16.5. The van der Waals surface area contributed by atoms with Crippen LogP contribution in [0.5, 0.6) is 0 Å². The molecule has 0 fully saturated rings. The van der Waals surface area contributed by atoms with Crippen molar-refractivity contribution in [1.29, 1.82) is 0 Å². The first-order valence-electron chi connectivity index (χ1n) is 7.07. The average molecular weight is 302 g/mol. The molecule has 22 heavy (non-hydrogen) atoms. The molecule has 2 rings (SSSR count). The van der Waals surface area contributed by atoms with E-state index in [1.165, 1.54) is 16.7 Å². The van der Waals surface area contributed by atoms with E-state index in [4.69, 9.17) is 4.74 Å². The Morgan fingerprint density at radius 2 is 1.95 bits per heavy atom. The van der Waals surface area contributed by atoms with Crippen molar-refractivity contribution in [3.63, 3.8) is 0 Å². The van der Waals surface area contributed by atoms with Crippen LogP contribution in [-0.4, -0.2) is 27.5 Å². The molecule has 116 valence electrons. The van der Waals surface area contributed by atoms with Gasteiger partial charge < -0.3 is 4.74 Å². The smallest absolute Gasteiger partial charge is 0.379 e. The van der Waals surface area contributed by atoms with Gasteiger partial charge in [0.1, 0.15) is 0 Å². The summed E-state index contributed by atoms with van der Waals surface area (Å²) in [5.74, 6) is -1.62. The molecule has 0 spiro atoms. The van der Waals surface area contributed by atoms with E-state index in [2.05, 4.69) is 0 Å². The van der Waals surface area contributed by atoms with Gasteiger partial charge >= 0.3 is 11.7 Å². The summed E-state index contributed by atoms with van der Waals surface area (Å²) in [5.41, 5.74) is 0.524. The van der Waals surface area contributed by atoms with Crippen LogP contribution >= 0.6 is 0 Å². The van der Waals surface area contributed by atoms with Crippen LogP contribution in [0.4, 0.5) is 0 Å². The summed E-state index contributed by atoms with van der Waals surface area (Å²) in [7, 11) is 0. The summed E-state index contributed by atoms with van der Waals surface area (Å²) >= 11 is 0. The molecule has 0 aliphatic heterocycles. The maximum atomic E-state index is 12.3. The lowest BCUT2D eigenvalue weighted by atomic mass is 10.1. The van der Waals surface area contributed by atoms with Crippen molar-refractivity contribution in [2.24, 2.45) is 0 Å². The lowest BCUT2D eigenvalue weighted by molar-refractivity contribution is -0.137. The standard InChI is InChI=1S/C16H18N2O4/c1-4-22-15(20)14(19)12-6-5-7-13(10-12)18-9-8-17(11(2)3)16(18)21/h5-11H,4H2,1-3H3. The number of esters is 1. The van der Waals surface area contributed by atoms with Crippen LogP contribution in [0, 0.1) is 0 Å². The molecule has 0 aliphatic rings. The van der Waals surface area contributed by atoms with E-state index < -0.39 is 11.8 Å². The third kappa shape index (κ3) is 3.00. The third-order valence-corrected chi connectivity index (χ3v) is 3.21. The SMILES string of the molecule is CCOC(=O)C(=O)c1cccc(-n2ccn(C(C)C)c2=O)c1. The summed E-state index contributed by atoms with van der Waals surface area (Å²) in [4.78, 5) is 35.7. The number of carbonyl (C=O) groups excluding carboxylic acids is 2. The lowest BCUT2D eigenvalue weighted by Crippen LogP contribution is -2.24. The van der Waals surface area contributed by atoms with E-state index in [0.717, 1.165) is 0 Å². The quantitative estimate of drug-likeness (QED) is 0.481. The molecule has 2 aromatic rings. The molecule has 0 atom stereocenters. The molecule has 1 aromatic carbocycles. The summed E-state index contributed by atoms with van der Waals surface area (Å²) < 4.78 is 7.72. The van der Waals surface area contributed by atoms with Gasteiger partial charge in [0.05, 0.1) is 12.3 Å². The van der Waals surface area contributed by atoms with Crippen LogP contribution in [0.1, 0.15) is 37.2 Å². The van der Waals surface area contributed by atoms with Crippen LogP contribution in [0.15, 0.2) is 41.5 Å². The van der Waals surface area contributed by atoms with Crippen molar-refractivity contribution < 1.29 is 14.3 Å². The number of carbonyl (C=O) groups is 2. The first-order chi connectivity index (χ1) is 10.5. The Morgan fingerprint density at radius 3 is 2.55 bits per heavy atom. The van der Waals surface area contributed by atoms with E-state index >= 15 is 0 Å². The maximum Gasteiger partial charge on any atom is 0.379 e. The van der Waals surface area contributed by atoms with Crippen LogP contribution < -0.4 is 5.69 Å². The number of ketones is 1. The van der Waals surface area contributed by atoms with Crippen LogP contribution in [0.3, 0.4) is 0 Å². The fourth-order valence-electron chi connectivity index (χ4n) is 2.09. The molecule has 0 unspecified atom stereocenters. The molecule has 0 saturated heterocycles. The summed E-state index contributed by atoms with van der Waals surface area (Å²) in [6, 6.07) is 6.39. The molecule has 0 aliphatic carbocycles. The van der Waals surface area contributed by atoms with Gasteiger partial charge in [-0.15, -0.1) is 0 Å². The molecule has 6 heteroatoms. The highest BCUT2D eigenvalue weighted by Crippen LogP contribution is 2.11. The Bertz CT molecular complexity index is 756. The van der Waals surface area contributed by atoms with Gasteiger partial charge in [0.25, 0.3) is 5.78 Å². The molecule has 6 nitrogen and oxygen atoms in total. The van der Waals surface area contributed by atoms with Gasteiger partial charge in [0.15, 0.2) is 0 Å². The van der Waals surface area contributed by atoms with E-state index in [1.54, 1.807) is 36.0 Å². The zero-order chi connectivity index (χ0) is 16.3. The number of rotatable bonds is 5. The number of ether oxygens (including phenoxy) is 1. The van der Waals surface area contributed by atoms with Crippen molar-refractivity contribution in [1.82, 2.24) is 9.13 Å². The second kappa shape index (κ2) is 6.43. The monoisotopic (exact) mass is 302 g/mol. The second-order valence-corrected chi connectivity index (χ2v) is 5.05. The molecule has 0 amide bonds.